The molecule has 16 heavy (non-hydrogen) atoms. The van der Waals surface area contributed by atoms with Gasteiger partial charge in [-0.3, -0.25) is 4.79 Å². The SMILES string of the molecule is CCN(C(=O)c1ccc(C)nc1Cl)C(C)C. The Bertz CT molecular complexity index is 391. The molecule has 0 saturated carbocycles. The first-order valence-corrected chi connectivity index (χ1v) is 5.79. The van der Waals surface area contributed by atoms with Gasteiger partial charge in [0.1, 0.15) is 5.15 Å². The van der Waals surface area contributed by atoms with E-state index in [1.165, 1.54) is 0 Å². The van der Waals surface area contributed by atoms with Crippen molar-refractivity contribution in [3.63, 3.8) is 0 Å². The third-order valence-corrected chi connectivity index (χ3v) is 2.73. The number of aromatic nitrogens is 1. The molecule has 1 rings (SSSR count). The molecule has 0 aliphatic carbocycles. The molecule has 0 radical (unpaired) electrons. The zero-order chi connectivity index (χ0) is 12.3. The van der Waals surface area contributed by atoms with Crippen molar-refractivity contribution in [1.82, 2.24) is 9.88 Å². The van der Waals surface area contributed by atoms with Gasteiger partial charge in [-0.25, -0.2) is 4.98 Å². The Morgan fingerprint density at radius 1 is 1.50 bits per heavy atom. The molecular formula is C12H17ClN2O. The molecule has 3 nitrogen and oxygen atoms in total. The maximum atomic E-state index is 12.2. The van der Waals surface area contributed by atoms with Crippen LogP contribution in [-0.2, 0) is 0 Å². The van der Waals surface area contributed by atoms with E-state index < -0.39 is 0 Å². The molecule has 1 heterocycles. The lowest BCUT2D eigenvalue weighted by Crippen LogP contribution is -2.36. The molecule has 0 bridgehead atoms. The highest BCUT2D eigenvalue weighted by Gasteiger charge is 2.19. The molecule has 0 aliphatic rings. The van der Waals surface area contributed by atoms with Crippen LogP contribution in [0.2, 0.25) is 5.15 Å². The fourth-order valence-corrected chi connectivity index (χ4v) is 1.86. The fourth-order valence-electron chi connectivity index (χ4n) is 1.58. The summed E-state index contributed by atoms with van der Waals surface area (Å²) in [6, 6.07) is 3.69. The van der Waals surface area contributed by atoms with Gasteiger partial charge in [0.05, 0.1) is 5.56 Å². The average Bonchev–Trinajstić information content (AvgIpc) is 2.17. The monoisotopic (exact) mass is 240 g/mol. The van der Waals surface area contributed by atoms with E-state index in [1.54, 1.807) is 17.0 Å². The highest BCUT2D eigenvalue weighted by molar-refractivity contribution is 6.32. The summed E-state index contributed by atoms with van der Waals surface area (Å²) in [5.41, 5.74) is 1.29. The second-order valence-electron chi connectivity index (χ2n) is 3.98. The molecule has 0 fully saturated rings. The predicted molar refractivity (Wildman–Crippen MR) is 65.8 cm³/mol. The van der Waals surface area contributed by atoms with Gasteiger partial charge >= 0.3 is 0 Å². The number of pyridine rings is 1. The van der Waals surface area contributed by atoms with Crippen LogP contribution in [0.1, 0.15) is 36.8 Å². The second-order valence-corrected chi connectivity index (χ2v) is 4.33. The van der Waals surface area contributed by atoms with Crippen molar-refractivity contribution in [2.45, 2.75) is 33.7 Å². The van der Waals surface area contributed by atoms with E-state index in [2.05, 4.69) is 4.98 Å². The summed E-state index contributed by atoms with van der Waals surface area (Å²) < 4.78 is 0. The molecule has 0 saturated heterocycles. The van der Waals surface area contributed by atoms with Crippen molar-refractivity contribution in [1.29, 1.82) is 0 Å². The Kier molecular flexibility index (Phi) is 4.30. The number of carbonyl (C=O) groups is 1. The van der Waals surface area contributed by atoms with E-state index in [0.717, 1.165) is 5.69 Å². The smallest absolute Gasteiger partial charge is 0.257 e. The predicted octanol–water partition coefficient (Wildman–Crippen LogP) is 2.91. The topological polar surface area (TPSA) is 33.2 Å². The Labute approximate surface area is 101 Å². The molecule has 1 amide bonds. The molecule has 0 unspecified atom stereocenters. The van der Waals surface area contributed by atoms with Gasteiger partial charge in [-0.05, 0) is 39.8 Å². The van der Waals surface area contributed by atoms with E-state index in [9.17, 15) is 4.79 Å². The van der Waals surface area contributed by atoms with Gasteiger partial charge in [-0.1, -0.05) is 11.6 Å². The molecule has 88 valence electrons. The Morgan fingerprint density at radius 2 is 2.12 bits per heavy atom. The summed E-state index contributed by atoms with van der Waals surface area (Å²) in [5.74, 6) is -0.0602. The number of nitrogens with zero attached hydrogens (tertiary/aromatic N) is 2. The van der Waals surface area contributed by atoms with Crippen LogP contribution in [0.3, 0.4) is 0 Å². The number of rotatable bonds is 3. The maximum Gasteiger partial charge on any atom is 0.257 e. The first kappa shape index (κ1) is 13.0. The zero-order valence-electron chi connectivity index (χ0n) is 10.1. The number of amides is 1. The van der Waals surface area contributed by atoms with Crippen molar-refractivity contribution in [3.8, 4) is 0 Å². The lowest BCUT2D eigenvalue weighted by molar-refractivity contribution is 0.0716. The van der Waals surface area contributed by atoms with E-state index in [1.807, 2.05) is 27.7 Å². The summed E-state index contributed by atoms with van der Waals surface area (Å²) in [7, 11) is 0. The Hall–Kier alpha value is -1.09. The van der Waals surface area contributed by atoms with E-state index in [0.29, 0.717) is 12.1 Å². The van der Waals surface area contributed by atoms with Crippen LogP contribution < -0.4 is 0 Å². The lowest BCUT2D eigenvalue weighted by Gasteiger charge is -2.25. The molecule has 0 N–H and O–H groups in total. The van der Waals surface area contributed by atoms with Gasteiger partial charge in [0.25, 0.3) is 5.91 Å². The summed E-state index contributed by atoms with van der Waals surface area (Å²) >= 11 is 5.97. The highest BCUT2D eigenvalue weighted by Crippen LogP contribution is 2.17. The second kappa shape index (κ2) is 5.30. The molecule has 0 spiro atoms. The summed E-state index contributed by atoms with van der Waals surface area (Å²) in [4.78, 5) is 18.0. The third-order valence-electron chi connectivity index (χ3n) is 2.44. The molecule has 1 aromatic rings. The quantitative estimate of drug-likeness (QED) is 0.762. The van der Waals surface area contributed by atoms with Crippen LogP contribution in [0.4, 0.5) is 0 Å². The standard InChI is InChI=1S/C12H17ClN2O/c1-5-15(8(2)3)12(16)10-7-6-9(4)14-11(10)13/h6-8H,5H2,1-4H3. The van der Waals surface area contributed by atoms with Crippen LogP contribution >= 0.6 is 11.6 Å². The van der Waals surface area contributed by atoms with Gasteiger partial charge < -0.3 is 4.90 Å². The minimum Gasteiger partial charge on any atom is -0.336 e. The molecule has 0 atom stereocenters. The average molecular weight is 241 g/mol. The van der Waals surface area contributed by atoms with Crippen molar-refractivity contribution in [2.75, 3.05) is 6.54 Å². The van der Waals surface area contributed by atoms with E-state index in [-0.39, 0.29) is 17.1 Å². The number of hydrogen-bond donors (Lipinski definition) is 0. The zero-order valence-corrected chi connectivity index (χ0v) is 10.9. The Balaban J connectivity index is 3.04. The van der Waals surface area contributed by atoms with Crippen LogP contribution in [0.25, 0.3) is 0 Å². The van der Waals surface area contributed by atoms with Crippen LogP contribution in [0, 0.1) is 6.92 Å². The lowest BCUT2D eigenvalue weighted by atomic mass is 10.2. The third kappa shape index (κ3) is 2.73. The normalized spacial score (nSPS) is 10.6. The largest absolute Gasteiger partial charge is 0.336 e. The van der Waals surface area contributed by atoms with Gasteiger partial charge in [-0.2, -0.15) is 0 Å². The van der Waals surface area contributed by atoms with Gasteiger partial charge in [0, 0.05) is 18.3 Å². The van der Waals surface area contributed by atoms with Crippen molar-refractivity contribution < 1.29 is 4.79 Å². The summed E-state index contributed by atoms with van der Waals surface area (Å²) in [6.07, 6.45) is 0. The summed E-state index contributed by atoms with van der Waals surface area (Å²) in [6.45, 7) is 8.43. The molecule has 0 aliphatic heterocycles. The van der Waals surface area contributed by atoms with Crippen LogP contribution in [-0.4, -0.2) is 28.4 Å². The van der Waals surface area contributed by atoms with Gasteiger partial charge in [0.2, 0.25) is 0 Å². The van der Waals surface area contributed by atoms with Gasteiger partial charge in [0.15, 0.2) is 0 Å². The maximum absolute atomic E-state index is 12.2. The highest BCUT2D eigenvalue weighted by atomic mass is 35.5. The molecule has 4 heteroatoms. The molecule has 0 aromatic carbocycles. The minimum atomic E-state index is -0.0602. The van der Waals surface area contributed by atoms with Crippen molar-refractivity contribution in [3.05, 3.63) is 28.5 Å². The number of halogens is 1. The van der Waals surface area contributed by atoms with Crippen molar-refractivity contribution in [2.24, 2.45) is 0 Å². The number of carbonyl (C=O) groups excluding carboxylic acids is 1. The molecule has 1 aromatic heterocycles. The molecular weight excluding hydrogens is 224 g/mol. The fraction of sp³-hybridized carbons (Fsp3) is 0.500. The number of aryl methyl sites for hydroxylation is 1. The Morgan fingerprint density at radius 3 is 2.56 bits per heavy atom. The summed E-state index contributed by atoms with van der Waals surface area (Å²) in [5, 5.41) is 0.282. The first-order chi connectivity index (χ1) is 7.47. The first-order valence-electron chi connectivity index (χ1n) is 5.41. The van der Waals surface area contributed by atoms with Crippen LogP contribution in [0.15, 0.2) is 12.1 Å². The minimum absolute atomic E-state index is 0.0602. The number of hydrogen-bond acceptors (Lipinski definition) is 2. The van der Waals surface area contributed by atoms with Gasteiger partial charge in [-0.15, -0.1) is 0 Å². The van der Waals surface area contributed by atoms with E-state index >= 15 is 0 Å². The van der Waals surface area contributed by atoms with Crippen molar-refractivity contribution >= 4 is 17.5 Å². The van der Waals surface area contributed by atoms with E-state index in [4.69, 9.17) is 11.6 Å². The van der Waals surface area contributed by atoms with Crippen LogP contribution in [0.5, 0.6) is 0 Å².